The molecule has 0 aliphatic carbocycles. The molecule has 0 saturated carbocycles. The Kier molecular flexibility index (Phi) is 34.3. The van der Waals surface area contributed by atoms with Crippen LogP contribution in [0.25, 0.3) is 0 Å². The van der Waals surface area contributed by atoms with E-state index in [1.54, 1.807) is 0 Å². The molecule has 0 aliphatic heterocycles. The van der Waals surface area contributed by atoms with Crippen LogP contribution in [0.3, 0.4) is 0 Å². The summed E-state index contributed by atoms with van der Waals surface area (Å²) in [6.45, 7) is 4.46. The minimum absolute atomic E-state index is 0.778. The largest absolute Gasteiger partial charge is 0.312 e. The van der Waals surface area contributed by atoms with Crippen LogP contribution in [0.1, 0.15) is 39.5 Å². The molecule has 0 heterocycles. The van der Waals surface area contributed by atoms with Crippen molar-refractivity contribution in [3.63, 3.8) is 0 Å². The minimum atomic E-state index is 0.778. The van der Waals surface area contributed by atoms with E-state index < -0.39 is 0 Å². The van der Waals surface area contributed by atoms with Crippen LogP contribution in [-0.2, 0) is 0 Å². The molecule has 0 aromatic rings. The van der Waals surface area contributed by atoms with Gasteiger partial charge in [-0.05, 0) is 21.1 Å². The van der Waals surface area contributed by atoms with Crippen LogP contribution >= 0.6 is 11.1 Å². The number of rotatable bonds is 3. The van der Waals surface area contributed by atoms with Crippen molar-refractivity contribution < 1.29 is 0 Å². The Labute approximate surface area is 86.6 Å². The molecule has 0 aliphatic rings. The van der Waals surface area contributed by atoms with Gasteiger partial charge in [-0.25, -0.2) is 0 Å². The second kappa shape index (κ2) is 22.5. The smallest absolute Gasteiger partial charge is 0.109 e. The number of nitrogens with zero attached hydrogens (tertiary/aromatic N) is 1. The number of halogens is 1. The average molecular weight is 212 g/mol. The van der Waals surface area contributed by atoms with E-state index in [1.165, 1.54) is 25.7 Å². The summed E-state index contributed by atoms with van der Waals surface area (Å²) in [5, 5.41) is 0. The van der Waals surface area contributed by atoms with Crippen LogP contribution in [0.2, 0.25) is 0 Å². The van der Waals surface area contributed by atoms with Crippen molar-refractivity contribution in [2.75, 3.05) is 21.1 Å². The lowest BCUT2D eigenvalue weighted by Gasteiger charge is -1.90. The second-order valence-corrected chi connectivity index (χ2v) is 3.05. The highest BCUT2D eigenvalue weighted by molar-refractivity contribution is 6.80. The standard InChI is InChI=1S/C6H14.C3H9N.ClH3Si/c1-3-5-6-4-2;1-4(2)3;1-2/h3-6H2,1-2H3;1-3H3;2H3. The van der Waals surface area contributed by atoms with Gasteiger partial charge in [-0.1, -0.05) is 39.5 Å². The van der Waals surface area contributed by atoms with E-state index in [4.69, 9.17) is 11.1 Å². The molecule has 3 heteroatoms. The van der Waals surface area contributed by atoms with Crippen LogP contribution in [0, 0.1) is 0 Å². The zero-order chi connectivity index (χ0) is 10.4. The Morgan fingerprint density at radius 1 is 0.917 bits per heavy atom. The summed E-state index contributed by atoms with van der Waals surface area (Å²) in [6.07, 6.45) is 5.54. The van der Waals surface area contributed by atoms with Gasteiger partial charge in [0.15, 0.2) is 0 Å². The molecule has 12 heavy (non-hydrogen) atoms. The van der Waals surface area contributed by atoms with E-state index in [1.807, 2.05) is 26.0 Å². The number of hydrogen-bond donors (Lipinski definition) is 0. The molecule has 0 aromatic carbocycles. The summed E-state index contributed by atoms with van der Waals surface area (Å²) in [5.41, 5.74) is 0. The van der Waals surface area contributed by atoms with Crippen LogP contribution in [0.5, 0.6) is 0 Å². The SMILES string of the molecule is CCCCCC.CN(C)C.[SiH3]Cl. The van der Waals surface area contributed by atoms with Gasteiger partial charge in [0, 0.05) is 0 Å². The van der Waals surface area contributed by atoms with E-state index in [2.05, 4.69) is 13.8 Å². The van der Waals surface area contributed by atoms with Crippen molar-refractivity contribution in [2.24, 2.45) is 0 Å². The second-order valence-electron chi connectivity index (χ2n) is 3.05. The van der Waals surface area contributed by atoms with Gasteiger partial charge in [-0.3, -0.25) is 0 Å². The predicted octanol–water partition coefficient (Wildman–Crippen LogP) is 2.27. The molecule has 78 valence electrons. The molecule has 0 fully saturated rings. The highest BCUT2D eigenvalue weighted by Crippen LogP contribution is 1.95. The molecule has 0 radical (unpaired) electrons. The minimum Gasteiger partial charge on any atom is -0.312 e. The van der Waals surface area contributed by atoms with Gasteiger partial charge in [0.05, 0.1) is 0 Å². The fourth-order valence-corrected chi connectivity index (χ4v) is 0.500. The van der Waals surface area contributed by atoms with E-state index in [-0.39, 0.29) is 0 Å². The summed E-state index contributed by atoms with van der Waals surface area (Å²) in [5.74, 6) is 0. The monoisotopic (exact) mass is 211 g/mol. The highest BCUT2D eigenvalue weighted by Gasteiger charge is 1.75. The van der Waals surface area contributed by atoms with E-state index in [9.17, 15) is 0 Å². The first-order valence-corrected chi connectivity index (χ1v) is 7.66. The summed E-state index contributed by atoms with van der Waals surface area (Å²) in [4.78, 5) is 2.00. The fourth-order valence-electron chi connectivity index (χ4n) is 0.500. The molecule has 0 saturated heterocycles. The molecule has 0 unspecified atom stereocenters. The van der Waals surface area contributed by atoms with Gasteiger partial charge in [-0.15, -0.1) is 0 Å². The summed E-state index contributed by atoms with van der Waals surface area (Å²) in [6, 6.07) is 0. The third kappa shape index (κ3) is 78.0. The molecular formula is C9H26ClNSi. The molecular weight excluding hydrogens is 186 g/mol. The molecule has 0 aromatic heterocycles. The third-order valence-electron chi connectivity index (χ3n) is 0.957. The first-order chi connectivity index (χ1) is 5.65. The Balaban J connectivity index is -0.000000118. The maximum absolute atomic E-state index is 4.78. The van der Waals surface area contributed by atoms with Crippen molar-refractivity contribution in [3.05, 3.63) is 0 Å². The lowest BCUT2D eigenvalue weighted by atomic mass is 10.2. The molecule has 0 N–H and O–H groups in total. The van der Waals surface area contributed by atoms with Crippen molar-refractivity contribution in [1.82, 2.24) is 4.90 Å². The van der Waals surface area contributed by atoms with Crippen molar-refractivity contribution in [3.8, 4) is 0 Å². The molecule has 0 rings (SSSR count). The maximum atomic E-state index is 4.78. The Morgan fingerprint density at radius 2 is 1.08 bits per heavy atom. The first-order valence-electron chi connectivity index (χ1n) is 4.63. The highest BCUT2D eigenvalue weighted by atomic mass is 35.6. The van der Waals surface area contributed by atoms with Crippen LogP contribution < -0.4 is 0 Å². The van der Waals surface area contributed by atoms with E-state index >= 15 is 0 Å². The normalized spacial score (nSPS) is 8.25. The zero-order valence-corrected chi connectivity index (χ0v) is 12.4. The van der Waals surface area contributed by atoms with Gasteiger partial charge in [0.2, 0.25) is 0 Å². The van der Waals surface area contributed by atoms with Crippen molar-refractivity contribution in [2.45, 2.75) is 39.5 Å². The Bertz CT molecular complexity index is 45.0. The van der Waals surface area contributed by atoms with E-state index in [0.717, 1.165) is 9.55 Å². The zero-order valence-electron chi connectivity index (χ0n) is 9.65. The van der Waals surface area contributed by atoms with Gasteiger partial charge in [0.25, 0.3) is 0 Å². The van der Waals surface area contributed by atoms with Crippen LogP contribution in [-0.4, -0.2) is 35.6 Å². The lowest BCUT2D eigenvalue weighted by molar-refractivity contribution is 0.505. The van der Waals surface area contributed by atoms with E-state index in [0.29, 0.717) is 0 Å². The van der Waals surface area contributed by atoms with Gasteiger partial charge < -0.3 is 4.90 Å². The summed E-state index contributed by atoms with van der Waals surface area (Å²) >= 11 is 4.78. The van der Waals surface area contributed by atoms with Crippen molar-refractivity contribution >= 4 is 20.6 Å². The molecule has 0 atom stereocenters. The lowest BCUT2D eigenvalue weighted by Crippen LogP contribution is -1.99. The average Bonchev–Trinajstić information content (AvgIpc) is 2.04. The van der Waals surface area contributed by atoms with Crippen LogP contribution in [0.4, 0.5) is 0 Å². The van der Waals surface area contributed by atoms with Gasteiger partial charge in [0.1, 0.15) is 9.55 Å². The summed E-state index contributed by atoms with van der Waals surface area (Å²) in [7, 11) is 6.78. The maximum Gasteiger partial charge on any atom is 0.109 e. The Hall–Kier alpha value is 0.467. The van der Waals surface area contributed by atoms with Gasteiger partial charge in [-0.2, -0.15) is 11.1 Å². The number of hydrogen-bond acceptors (Lipinski definition) is 1. The quantitative estimate of drug-likeness (QED) is 0.394. The van der Waals surface area contributed by atoms with Gasteiger partial charge >= 0.3 is 0 Å². The topological polar surface area (TPSA) is 3.24 Å². The molecule has 0 amide bonds. The van der Waals surface area contributed by atoms with Crippen LogP contribution in [0.15, 0.2) is 0 Å². The predicted molar refractivity (Wildman–Crippen MR) is 65.2 cm³/mol. The Morgan fingerprint density at radius 3 is 1.17 bits per heavy atom. The fraction of sp³-hybridized carbons (Fsp3) is 1.00. The number of unbranched alkanes of at least 4 members (excludes halogenated alkanes) is 3. The summed E-state index contributed by atoms with van der Waals surface area (Å²) < 4.78 is 0. The molecule has 0 spiro atoms. The molecule has 0 bridgehead atoms. The molecule has 1 nitrogen and oxygen atoms in total. The first kappa shape index (κ1) is 18.3. The third-order valence-corrected chi connectivity index (χ3v) is 0.957. The van der Waals surface area contributed by atoms with Crippen molar-refractivity contribution in [1.29, 1.82) is 0 Å².